The Balaban J connectivity index is 2.89. The fourth-order valence-corrected chi connectivity index (χ4v) is 0.782. The molecule has 0 aromatic heterocycles. The van der Waals surface area contributed by atoms with Crippen molar-refractivity contribution in [3.05, 3.63) is 0 Å². The smallest absolute Gasteiger partial charge is 0.0853 e. The lowest BCUT2D eigenvalue weighted by atomic mass is 10.1. The fraction of sp³-hybridized carbons (Fsp3) is 1.00. The Morgan fingerprint density at radius 2 is 2.09 bits per heavy atom. The van der Waals surface area contributed by atoms with Crippen LogP contribution >= 0.6 is 0 Å². The molecule has 0 aromatic carbocycles. The molecule has 0 saturated heterocycles. The summed E-state index contributed by atoms with van der Waals surface area (Å²) in [5, 5.41) is 20.3. The van der Waals surface area contributed by atoms with E-state index >= 15 is 0 Å². The fourth-order valence-electron chi connectivity index (χ4n) is 0.782. The van der Waals surface area contributed by atoms with Crippen LogP contribution in [0.2, 0.25) is 0 Å². The third-order valence-electron chi connectivity index (χ3n) is 1.54. The van der Waals surface area contributed by atoms with Gasteiger partial charge in [-0.1, -0.05) is 12.0 Å². The van der Waals surface area contributed by atoms with Crippen LogP contribution in [0.5, 0.6) is 0 Å². The Bertz CT molecular complexity index is 76.8. The number of aliphatic hydroxyl groups is 1. The van der Waals surface area contributed by atoms with Crippen LogP contribution in [-0.4, -0.2) is 23.1 Å². The van der Waals surface area contributed by atoms with Gasteiger partial charge in [-0.15, -0.1) is 0 Å². The van der Waals surface area contributed by atoms with Gasteiger partial charge in [0.15, 0.2) is 0 Å². The molecule has 0 amide bonds. The van der Waals surface area contributed by atoms with Gasteiger partial charge in [0.1, 0.15) is 0 Å². The monoisotopic (exact) mass is 164 g/mol. The topological polar surface area (TPSA) is 58.9 Å². The minimum atomic E-state index is -0.204. The summed E-state index contributed by atoms with van der Waals surface area (Å²) in [5.41, 5.74) is 0. The molecule has 0 rings (SSSR count). The van der Waals surface area contributed by atoms with Crippen molar-refractivity contribution in [2.75, 3.05) is 6.61 Å². The van der Waals surface area contributed by atoms with Gasteiger partial charge in [0, 0.05) is 0 Å². The van der Waals surface area contributed by atoms with Crippen molar-refractivity contribution < 1.29 is 20.3 Å². The number of aliphatic hydroxyl groups excluding tert-OH is 1. The van der Waals surface area contributed by atoms with Gasteiger partial charge in [-0.3, -0.25) is 0 Å². The summed E-state index contributed by atoms with van der Waals surface area (Å²) in [7, 11) is 0. The molecule has 1 atom stereocenters. The Hall–Kier alpha value is -0.160. The summed E-state index contributed by atoms with van der Waals surface area (Å²) in [4.78, 5) is 4.22. The molecule has 0 aliphatic rings. The summed E-state index contributed by atoms with van der Waals surface area (Å²) in [6.45, 7) is 2.31. The second kappa shape index (κ2) is 7.94. The second-order valence-corrected chi connectivity index (χ2v) is 2.45. The van der Waals surface area contributed by atoms with Crippen LogP contribution in [0, 0.1) is 0 Å². The van der Waals surface area contributed by atoms with E-state index < -0.39 is 0 Å². The highest BCUT2D eigenvalue weighted by Crippen LogP contribution is 2.03. The van der Waals surface area contributed by atoms with Crippen LogP contribution in [0.15, 0.2) is 0 Å². The predicted molar refractivity (Wildman–Crippen MR) is 39.8 cm³/mol. The van der Waals surface area contributed by atoms with Gasteiger partial charge in [-0.2, -0.15) is 0 Å². The molecule has 11 heavy (non-hydrogen) atoms. The van der Waals surface area contributed by atoms with Crippen LogP contribution in [0.25, 0.3) is 0 Å². The zero-order valence-corrected chi connectivity index (χ0v) is 6.82. The molecule has 0 aliphatic carbocycles. The number of unbranched alkanes of at least 4 members (excludes halogenated alkanes) is 1. The molecule has 0 radical (unpaired) electrons. The Kier molecular flexibility index (Phi) is 7.83. The molecular weight excluding hydrogens is 148 g/mol. The van der Waals surface area contributed by atoms with Gasteiger partial charge in [0.25, 0.3) is 0 Å². The molecule has 4 nitrogen and oxygen atoms in total. The average Bonchev–Trinajstić information content (AvgIpc) is 2.04. The number of hydrogen-bond donors (Lipinski definition) is 2. The van der Waals surface area contributed by atoms with Crippen LogP contribution in [0.3, 0.4) is 0 Å². The first-order chi connectivity index (χ1) is 5.31. The summed E-state index contributed by atoms with van der Waals surface area (Å²) in [6, 6.07) is 0. The third-order valence-corrected chi connectivity index (χ3v) is 1.54. The van der Waals surface area contributed by atoms with E-state index in [9.17, 15) is 0 Å². The van der Waals surface area contributed by atoms with Crippen molar-refractivity contribution in [1.29, 1.82) is 0 Å². The Morgan fingerprint density at radius 3 is 2.64 bits per heavy atom. The van der Waals surface area contributed by atoms with Crippen molar-refractivity contribution in [3.8, 4) is 0 Å². The maximum absolute atomic E-state index is 9.09. The van der Waals surface area contributed by atoms with Crippen molar-refractivity contribution in [2.45, 2.75) is 38.7 Å². The molecule has 1 unspecified atom stereocenters. The highest BCUT2D eigenvalue weighted by atomic mass is 17.5. The molecule has 4 heteroatoms. The van der Waals surface area contributed by atoms with E-state index in [2.05, 4.69) is 9.93 Å². The third kappa shape index (κ3) is 7.74. The maximum atomic E-state index is 9.09. The summed E-state index contributed by atoms with van der Waals surface area (Å²) in [5.74, 6) is 0. The Labute approximate surface area is 66.6 Å². The van der Waals surface area contributed by atoms with E-state index in [1.54, 1.807) is 0 Å². The molecule has 0 fully saturated rings. The highest BCUT2D eigenvalue weighted by molar-refractivity contribution is 4.51. The van der Waals surface area contributed by atoms with Crippen LogP contribution in [0.4, 0.5) is 0 Å². The van der Waals surface area contributed by atoms with E-state index in [0.29, 0.717) is 6.61 Å². The molecule has 0 aliphatic heterocycles. The normalized spacial score (nSPS) is 13.4. The first-order valence-electron chi connectivity index (χ1n) is 3.92. The molecule has 2 N–H and O–H groups in total. The van der Waals surface area contributed by atoms with E-state index in [-0.39, 0.29) is 6.10 Å². The van der Waals surface area contributed by atoms with Gasteiger partial charge < -0.3 is 5.11 Å². The first kappa shape index (κ1) is 10.8. The molecule has 0 spiro atoms. The van der Waals surface area contributed by atoms with Crippen molar-refractivity contribution in [2.24, 2.45) is 0 Å². The van der Waals surface area contributed by atoms with E-state index in [1.807, 2.05) is 6.92 Å². The average molecular weight is 164 g/mol. The number of hydrogen-bond acceptors (Lipinski definition) is 4. The lowest BCUT2D eigenvalue weighted by molar-refractivity contribution is -0.490. The predicted octanol–water partition coefficient (Wildman–Crippen LogP) is 1.35. The molecule has 0 bridgehead atoms. The van der Waals surface area contributed by atoms with Gasteiger partial charge in [-0.05, 0) is 25.7 Å². The van der Waals surface area contributed by atoms with E-state index in [0.717, 1.165) is 25.7 Å². The zero-order chi connectivity index (χ0) is 8.53. The minimum Gasteiger partial charge on any atom is -0.393 e. The zero-order valence-electron chi connectivity index (χ0n) is 6.82. The quantitative estimate of drug-likeness (QED) is 0.339. The number of rotatable bonds is 7. The Morgan fingerprint density at radius 1 is 1.36 bits per heavy atom. The van der Waals surface area contributed by atoms with Crippen molar-refractivity contribution in [1.82, 2.24) is 0 Å². The van der Waals surface area contributed by atoms with Crippen LogP contribution < -0.4 is 0 Å². The van der Waals surface area contributed by atoms with Gasteiger partial charge >= 0.3 is 0 Å². The largest absolute Gasteiger partial charge is 0.393 e. The second-order valence-electron chi connectivity index (χ2n) is 2.45. The lowest BCUT2D eigenvalue weighted by Gasteiger charge is -2.05. The van der Waals surface area contributed by atoms with Gasteiger partial charge in [0.2, 0.25) is 0 Å². The summed E-state index contributed by atoms with van der Waals surface area (Å²) in [6.07, 6.45) is 3.04. The first-order valence-corrected chi connectivity index (χ1v) is 3.92. The standard InChI is InChI=1S/C7H16O4/c1-2-7(8)5-3-4-6-10-11-9/h7-9H,2-6H2,1H3. The molecule has 0 aromatic rings. The maximum Gasteiger partial charge on any atom is 0.0853 e. The summed E-state index contributed by atoms with van der Waals surface area (Å²) >= 11 is 0. The van der Waals surface area contributed by atoms with E-state index in [4.69, 9.17) is 10.4 Å². The highest BCUT2D eigenvalue weighted by Gasteiger charge is 1.99. The van der Waals surface area contributed by atoms with Gasteiger partial charge in [0.05, 0.1) is 12.7 Å². The summed E-state index contributed by atoms with van der Waals surface area (Å²) < 4.78 is 0. The van der Waals surface area contributed by atoms with Crippen molar-refractivity contribution in [3.63, 3.8) is 0 Å². The molecule has 68 valence electrons. The molecule has 0 heterocycles. The van der Waals surface area contributed by atoms with Crippen LogP contribution in [0.1, 0.15) is 32.6 Å². The van der Waals surface area contributed by atoms with Crippen LogP contribution in [-0.2, 0) is 9.93 Å². The lowest BCUT2D eigenvalue weighted by Crippen LogP contribution is -2.04. The SMILES string of the molecule is CCC(O)CCCCOOO. The molecule has 0 saturated carbocycles. The molecular formula is C7H16O4. The van der Waals surface area contributed by atoms with E-state index in [1.165, 1.54) is 0 Å². The van der Waals surface area contributed by atoms with Crippen molar-refractivity contribution >= 4 is 0 Å². The van der Waals surface area contributed by atoms with Gasteiger partial charge in [-0.25, -0.2) is 10.1 Å². The minimum absolute atomic E-state index is 0.204.